The predicted molar refractivity (Wildman–Crippen MR) is 78.7 cm³/mol. The Balaban J connectivity index is 2.05. The monoisotopic (exact) mass is 267 g/mol. The summed E-state index contributed by atoms with van der Waals surface area (Å²) in [5.41, 5.74) is 1.58. The van der Waals surface area contributed by atoms with Gasteiger partial charge < -0.3 is 9.64 Å². The van der Waals surface area contributed by atoms with Gasteiger partial charge in [-0.2, -0.15) is 5.26 Å². The van der Waals surface area contributed by atoms with Crippen LogP contribution in [0.3, 0.4) is 0 Å². The molecule has 1 aromatic heterocycles. The van der Waals surface area contributed by atoms with Crippen molar-refractivity contribution in [2.75, 3.05) is 25.2 Å². The maximum Gasteiger partial charge on any atom is 0.147 e. The van der Waals surface area contributed by atoms with Crippen molar-refractivity contribution in [3.8, 4) is 6.07 Å². The number of hydrogen-bond donors (Lipinski definition) is 0. The number of anilines is 1. The quantitative estimate of drug-likeness (QED) is 0.835. The van der Waals surface area contributed by atoms with E-state index in [1.165, 1.54) is 12.8 Å². The first kappa shape index (κ1) is 12.9. The maximum atomic E-state index is 9.41. The Morgan fingerprint density at radius 2 is 2.20 bits per heavy atom. The van der Waals surface area contributed by atoms with Crippen LogP contribution in [0, 0.1) is 11.3 Å². The van der Waals surface area contributed by atoms with Crippen LogP contribution < -0.4 is 4.90 Å². The van der Waals surface area contributed by atoms with Crippen LogP contribution in [0.25, 0.3) is 10.9 Å². The molecule has 4 nitrogen and oxygen atoms in total. The van der Waals surface area contributed by atoms with Crippen LogP contribution in [0.5, 0.6) is 0 Å². The number of fused-ring (bicyclic) bond motifs is 1. The second-order valence-electron chi connectivity index (χ2n) is 5.08. The predicted octanol–water partition coefficient (Wildman–Crippen LogP) is 2.72. The van der Waals surface area contributed by atoms with E-state index in [0.29, 0.717) is 18.2 Å². The second kappa shape index (κ2) is 5.48. The third-order valence-electron chi connectivity index (χ3n) is 3.62. The summed E-state index contributed by atoms with van der Waals surface area (Å²) in [6.07, 6.45) is 2.34. The van der Waals surface area contributed by atoms with Gasteiger partial charge >= 0.3 is 0 Å². The molecule has 1 fully saturated rings. The topological polar surface area (TPSA) is 49.1 Å². The summed E-state index contributed by atoms with van der Waals surface area (Å²) in [6, 6.07) is 12.6. The van der Waals surface area contributed by atoms with Crippen LogP contribution in [0.4, 0.5) is 5.82 Å². The first-order valence-electron chi connectivity index (χ1n) is 6.89. The van der Waals surface area contributed by atoms with Crippen LogP contribution in [-0.2, 0) is 4.74 Å². The van der Waals surface area contributed by atoms with Crippen LogP contribution in [-0.4, -0.2) is 31.3 Å². The van der Waals surface area contributed by atoms with E-state index in [2.05, 4.69) is 11.0 Å². The lowest BCUT2D eigenvalue weighted by atomic mass is 10.1. The van der Waals surface area contributed by atoms with Gasteiger partial charge in [-0.15, -0.1) is 0 Å². The standard InChI is InChI=1S/C16H17N3O/c1-20-9-8-19(14-6-7-14)16-13(11-17)10-12-4-2-3-5-15(12)18-16/h2-5,10,14H,6-9H2,1H3. The van der Waals surface area contributed by atoms with Gasteiger partial charge in [0.1, 0.15) is 11.9 Å². The molecule has 0 unspecified atom stereocenters. The number of ether oxygens (including phenoxy) is 1. The van der Waals surface area contributed by atoms with Crippen LogP contribution in [0.15, 0.2) is 30.3 Å². The van der Waals surface area contributed by atoms with Crippen molar-refractivity contribution in [3.05, 3.63) is 35.9 Å². The smallest absolute Gasteiger partial charge is 0.147 e. The lowest BCUT2D eigenvalue weighted by Gasteiger charge is -2.24. The molecule has 4 heteroatoms. The minimum atomic E-state index is 0.505. The highest BCUT2D eigenvalue weighted by Gasteiger charge is 2.31. The lowest BCUT2D eigenvalue weighted by Crippen LogP contribution is -2.31. The molecule has 0 aliphatic heterocycles. The number of benzene rings is 1. The minimum absolute atomic E-state index is 0.505. The summed E-state index contributed by atoms with van der Waals surface area (Å²) in [5, 5.41) is 10.4. The Bertz CT molecular complexity index is 658. The molecule has 0 radical (unpaired) electrons. The van der Waals surface area contributed by atoms with Crippen molar-refractivity contribution in [2.45, 2.75) is 18.9 Å². The zero-order valence-electron chi connectivity index (χ0n) is 11.5. The van der Waals surface area contributed by atoms with E-state index >= 15 is 0 Å². The van der Waals surface area contributed by atoms with E-state index in [9.17, 15) is 5.26 Å². The Morgan fingerprint density at radius 1 is 1.40 bits per heavy atom. The molecule has 1 aliphatic carbocycles. The number of methoxy groups -OCH3 is 1. The SMILES string of the molecule is COCCN(c1nc2ccccc2cc1C#N)C1CC1. The summed E-state index contributed by atoms with van der Waals surface area (Å²) in [6.45, 7) is 1.43. The Kier molecular flexibility index (Phi) is 3.53. The fourth-order valence-corrected chi connectivity index (χ4v) is 2.44. The molecule has 1 aromatic carbocycles. The summed E-state index contributed by atoms with van der Waals surface area (Å²) in [5.74, 6) is 0.797. The molecule has 102 valence electrons. The molecule has 0 amide bonds. The van der Waals surface area contributed by atoms with Crippen LogP contribution in [0.1, 0.15) is 18.4 Å². The molecule has 3 rings (SSSR count). The van der Waals surface area contributed by atoms with Crippen LogP contribution in [0.2, 0.25) is 0 Å². The summed E-state index contributed by atoms with van der Waals surface area (Å²) in [7, 11) is 1.70. The molecule has 0 N–H and O–H groups in total. The number of nitriles is 1. The number of aromatic nitrogens is 1. The summed E-state index contributed by atoms with van der Waals surface area (Å²) < 4.78 is 5.18. The average molecular weight is 267 g/mol. The van der Waals surface area contributed by atoms with Crippen molar-refractivity contribution in [1.29, 1.82) is 5.26 Å². The highest BCUT2D eigenvalue weighted by Crippen LogP contribution is 2.33. The van der Waals surface area contributed by atoms with Crippen molar-refractivity contribution in [1.82, 2.24) is 4.98 Å². The van der Waals surface area contributed by atoms with E-state index in [1.54, 1.807) is 7.11 Å². The normalized spacial score (nSPS) is 14.2. The molecule has 2 aromatic rings. The molecule has 1 saturated carbocycles. The largest absolute Gasteiger partial charge is 0.383 e. The number of rotatable bonds is 5. The van der Waals surface area contributed by atoms with Gasteiger partial charge in [-0.25, -0.2) is 4.98 Å². The molecule has 1 heterocycles. The fraction of sp³-hybridized carbons (Fsp3) is 0.375. The minimum Gasteiger partial charge on any atom is -0.383 e. The molecule has 1 aliphatic rings. The summed E-state index contributed by atoms with van der Waals surface area (Å²) in [4.78, 5) is 6.93. The fourth-order valence-electron chi connectivity index (χ4n) is 2.44. The summed E-state index contributed by atoms with van der Waals surface area (Å²) >= 11 is 0. The van der Waals surface area contributed by atoms with E-state index in [0.717, 1.165) is 23.3 Å². The van der Waals surface area contributed by atoms with Crippen molar-refractivity contribution < 1.29 is 4.74 Å². The number of hydrogen-bond acceptors (Lipinski definition) is 4. The van der Waals surface area contributed by atoms with Gasteiger partial charge in [-0.1, -0.05) is 18.2 Å². The first-order chi connectivity index (χ1) is 9.83. The van der Waals surface area contributed by atoms with Gasteiger partial charge in [0, 0.05) is 25.1 Å². The number of nitrogens with zero attached hydrogens (tertiary/aromatic N) is 3. The molecule has 20 heavy (non-hydrogen) atoms. The van der Waals surface area contributed by atoms with Gasteiger partial charge in [-0.3, -0.25) is 0 Å². The van der Waals surface area contributed by atoms with Gasteiger partial charge in [0.2, 0.25) is 0 Å². The number of pyridine rings is 1. The third kappa shape index (κ3) is 2.45. The van der Waals surface area contributed by atoms with Gasteiger partial charge in [0.25, 0.3) is 0 Å². The molecule has 0 spiro atoms. The maximum absolute atomic E-state index is 9.41. The van der Waals surface area contributed by atoms with Crippen molar-refractivity contribution in [3.63, 3.8) is 0 Å². The van der Waals surface area contributed by atoms with E-state index in [1.807, 2.05) is 30.3 Å². The van der Waals surface area contributed by atoms with Crippen molar-refractivity contribution >= 4 is 16.7 Å². The molecule has 0 saturated heterocycles. The lowest BCUT2D eigenvalue weighted by molar-refractivity contribution is 0.204. The van der Waals surface area contributed by atoms with E-state index in [-0.39, 0.29) is 0 Å². The Hall–Kier alpha value is -2.12. The molecule has 0 atom stereocenters. The first-order valence-corrected chi connectivity index (χ1v) is 6.89. The number of para-hydroxylation sites is 1. The average Bonchev–Trinajstić information content (AvgIpc) is 3.31. The zero-order valence-corrected chi connectivity index (χ0v) is 11.5. The van der Waals surface area contributed by atoms with Gasteiger partial charge in [-0.05, 0) is 25.0 Å². The zero-order chi connectivity index (χ0) is 13.9. The highest BCUT2D eigenvalue weighted by molar-refractivity contribution is 5.83. The molecular formula is C16H17N3O. The Labute approximate surface area is 118 Å². The van der Waals surface area contributed by atoms with E-state index < -0.39 is 0 Å². The highest BCUT2D eigenvalue weighted by atomic mass is 16.5. The third-order valence-corrected chi connectivity index (χ3v) is 3.62. The second-order valence-corrected chi connectivity index (χ2v) is 5.08. The van der Waals surface area contributed by atoms with Gasteiger partial charge in [0.15, 0.2) is 0 Å². The Morgan fingerprint density at radius 3 is 2.90 bits per heavy atom. The molecular weight excluding hydrogens is 250 g/mol. The van der Waals surface area contributed by atoms with Gasteiger partial charge in [0.05, 0.1) is 17.7 Å². The van der Waals surface area contributed by atoms with Crippen LogP contribution >= 0.6 is 0 Å². The van der Waals surface area contributed by atoms with E-state index in [4.69, 9.17) is 9.72 Å². The van der Waals surface area contributed by atoms with Crippen molar-refractivity contribution in [2.24, 2.45) is 0 Å². The molecule has 0 bridgehead atoms.